The zero-order valence-electron chi connectivity index (χ0n) is 16.6. The molecule has 0 unspecified atom stereocenters. The lowest BCUT2D eigenvalue weighted by atomic mass is 10.0. The predicted molar refractivity (Wildman–Crippen MR) is 120 cm³/mol. The molecule has 1 saturated heterocycles. The summed E-state index contributed by atoms with van der Waals surface area (Å²) in [6, 6.07) is 16.0. The molecule has 1 aliphatic heterocycles. The number of carbonyl (C=O) groups is 2. The number of rotatable bonds is 5. The molecule has 30 heavy (non-hydrogen) atoms. The Hall–Kier alpha value is -3.45. The Labute approximate surface area is 179 Å². The first-order chi connectivity index (χ1) is 14.5. The number of thioether (sulfide) groups is 1. The van der Waals surface area contributed by atoms with Gasteiger partial charge in [0.05, 0.1) is 23.0 Å². The van der Waals surface area contributed by atoms with Crippen molar-refractivity contribution in [3.8, 4) is 11.3 Å². The van der Waals surface area contributed by atoms with E-state index in [2.05, 4.69) is 22.1 Å². The van der Waals surface area contributed by atoms with E-state index in [-0.39, 0.29) is 11.1 Å². The van der Waals surface area contributed by atoms with Crippen molar-refractivity contribution in [2.75, 3.05) is 11.4 Å². The van der Waals surface area contributed by atoms with Gasteiger partial charge in [-0.15, -0.1) is 0 Å². The van der Waals surface area contributed by atoms with Gasteiger partial charge in [0.15, 0.2) is 5.82 Å². The second kappa shape index (κ2) is 8.51. The number of hydrogen-bond acceptors (Lipinski definition) is 6. The van der Waals surface area contributed by atoms with Gasteiger partial charge in [0.25, 0.3) is 11.1 Å². The van der Waals surface area contributed by atoms with Crippen LogP contribution in [0.5, 0.6) is 0 Å². The number of nitrogens with zero attached hydrogens (tertiary/aromatic N) is 3. The molecule has 0 radical (unpaired) electrons. The molecule has 1 fully saturated rings. The van der Waals surface area contributed by atoms with Crippen LogP contribution < -0.4 is 10.2 Å². The molecule has 4 rings (SSSR count). The number of aromatic nitrogens is 2. The largest absolute Gasteiger partial charge is 0.325 e. The number of aryl methyl sites for hydroxylation is 1. The van der Waals surface area contributed by atoms with Gasteiger partial charge in [0, 0.05) is 17.8 Å². The quantitative estimate of drug-likeness (QED) is 0.594. The van der Waals surface area contributed by atoms with E-state index in [1.165, 1.54) is 0 Å². The van der Waals surface area contributed by atoms with Crippen molar-refractivity contribution in [1.29, 1.82) is 0 Å². The normalized spacial score (nSPS) is 14.8. The zero-order chi connectivity index (χ0) is 21.1. The van der Waals surface area contributed by atoms with Crippen LogP contribution in [-0.2, 0) is 4.79 Å². The van der Waals surface area contributed by atoms with Crippen LogP contribution in [0, 0.1) is 6.92 Å². The van der Waals surface area contributed by atoms with Crippen LogP contribution in [0.3, 0.4) is 0 Å². The third-order valence-corrected chi connectivity index (χ3v) is 5.43. The van der Waals surface area contributed by atoms with Crippen molar-refractivity contribution in [2.45, 2.75) is 13.8 Å². The molecular formula is C23H20N4O2S. The summed E-state index contributed by atoms with van der Waals surface area (Å²) in [6.45, 7) is 4.82. The highest BCUT2D eigenvalue weighted by molar-refractivity contribution is 8.18. The van der Waals surface area contributed by atoms with E-state index in [1.54, 1.807) is 18.5 Å². The van der Waals surface area contributed by atoms with Crippen LogP contribution in [0.25, 0.3) is 17.3 Å². The number of para-hydroxylation sites is 1. The van der Waals surface area contributed by atoms with Gasteiger partial charge in [-0.2, -0.15) is 0 Å². The number of anilines is 2. The highest BCUT2D eigenvalue weighted by Crippen LogP contribution is 2.29. The molecule has 0 saturated carbocycles. The molecule has 7 heteroatoms. The van der Waals surface area contributed by atoms with Crippen LogP contribution >= 0.6 is 11.8 Å². The summed E-state index contributed by atoms with van der Waals surface area (Å²) in [5, 5.41) is 1.93. The van der Waals surface area contributed by atoms with Crippen molar-refractivity contribution in [1.82, 2.24) is 15.3 Å². The monoisotopic (exact) mass is 416 g/mol. The van der Waals surface area contributed by atoms with Crippen molar-refractivity contribution in [2.24, 2.45) is 0 Å². The minimum absolute atomic E-state index is 0.349. The van der Waals surface area contributed by atoms with Crippen LogP contribution in [-0.4, -0.2) is 27.7 Å². The van der Waals surface area contributed by atoms with Gasteiger partial charge < -0.3 is 4.90 Å². The van der Waals surface area contributed by atoms with E-state index in [9.17, 15) is 9.59 Å². The molecule has 6 nitrogen and oxygen atoms in total. The predicted octanol–water partition coefficient (Wildman–Crippen LogP) is 4.93. The lowest BCUT2D eigenvalue weighted by Crippen LogP contribution is -2.17. The van der Waals surface area contributed by atoms with E-state index in [4.69, 9.17) is 4.98 Å². The molecule has 0 aliphatic carbocycles. The maximum absolute atomic E-state index is 11.9. The summed E-state index contributed by atoms with van der Waals surface area (Å²) in [5.74, 6) is 0.398. The van der Waals surface area contributed by atoms with E-state index in [0.29, 0.717) is 4.91 Å². The minimum atomic E-state index is -0.365. The number of hydrogen-bond donors (Lipinski definition) is 1. The highest BCUT2D eigenvalue weighted by atomic mass is 32.2. The Morgan fingerprint density at radius 3 is 2.60 bits per heavy atom. The third kappa shape index (κ3) is 4.26. The van der Waals surface area contributed by atoms with Crippen LogP contribution in [0.4, 0.5) is 16.3 Å². The highest BCUT2D eigenvalue weighted by Gasteiger charge is 2.25. The number of nitrogens with one attached hydrogen (secondary N) is 1. The lowest BCUT2D eigenvalue weighted by molar-refractivity contribution is -0.115. The number of imide groups is 1. The Morgan fingerprint density at radius 2 is 1.90 bits per heavy atom. The Balaban J connectivity index is 1.70. The Bertz CT molecular complexity index is 1140. The number of benzene rings is 2. The topological polar surface area (TPSA) is 75.2 Å². The summed E-state index contributed by atoms with van der Waals surface area (Å²) in [5.41, 5.74) is 4.55. The standard InChI is InChI=1S/C23H20N4O2S/c1-3-27(18-7-5-4-6-8-18)21-14-24-13-19(25-21)17-10-15(2)9-16(11-17)12-20-22(28)26-23(29)30-20/h4-14H,3H2,1-2H3,(H,26,28,29)/b20-12-. The molecule has 3 aromatic rings. The fourth-order valence-corrected chi connectivity index (χ4v) is 4.01. The first-order valence-electron chi connectivity index (χ1n) is 9.55. The zero-order valence-corrected chi connectivity index (χ0v) is 17.4. The van der Waals surface area contributed by atoms with Crippen LogP contribution in [0.2, 0.25) is 0 Å². The summed E-state index contributed by atoms with van der Waals surface area (Å²) in [4.78, 5) is 35.0. The van der Waals surface area contributed by atoms with Crippen molar-refractivity contribution in [3.05, 3.63) is 77.0 Å². The molecule has 1 aliphatic rings. The molecule has 150 valence electrons. The molecule has 0 atom stereocenters. The molecule has 1 N–H and O–H groups in total. The van der Waals surface area contributed by atoms with Crippen molar-refractivity contribution < 1.29 is 9.59 Å². The van der Waals surface area contributed by atoms with Crippen LogP contribution in [0.15, 0.2) is 65.8 Å². The summed E-state index contributed by atoms with van der Waals surface area (Å²) in [6.07, 6.45) is 5.21. The average molecular weight is 417 g/mol. The fraction of sp³-hybridized carbons (Fsp3) is 0.130. The smallest absolute Gasteiger partial charge is 0.290 e. The molecule has 2 heterocycles. The summed E-state index contributed by atoms with van der Waals surface area (Å²) in [7, 11) is 0. The van der Waals surface area contributed by atoms with Gasteiger partial charge in [0.2, 0.25) is 0 Å². The van der Waals surface area contributed by atoms with E-state index in [1.807, 2.05) is 55.5 Å². The first-order valence-corrected chi connectivity index (χ1v) is 10.4. The molecule has 2 aromatic carbocycles. The first kappa shape index (κ1) is 19.8. The van der Waals surface area contributed by atoms with E-state index in [0.717, 1.165) is 52.2 Å². The SMILES string of the molecule is CCN(c1ccccc1)c1cncc(-c2cc(C)cc(/C=C3\SC(=O)NC3=O)c2)n1. The Morgan fingerprint density at radius 1 is 1.10 bits per heavy atom. The minimum Gasteiger partial charge on any atom is -0.325 e. The van der Waals surface area contributed by atoms with E-state index < -0.39 is 0 Å². The van der Waals surface area contributed by atoms with Gasteiger partial charge in [-0.3, -0.25) is 19.9 Å². The second-order valence-corrected chi connectivity index (χ2v) is 7.84. The fourth-order valence-electron chi connectivity index (χ4n) is 3.33. The van der Waals surface area contributed by atoms with Gasteiger partial charge in [0.1, 0.15) is 0 Å². The van der Waals surface area contributed by atoms with Crippen molar-refractivity contribution >= 4 is 40.5 Å². The van der Waals surface area contributed by atoms with Gasteiger partial charge in [-0.05, 0) is 67.1 Å². The number of carbonyl (C=O) groups excluding carboxylic acids is 2. The van der Waals surface area contributed by atoms with Gasteiger partial charge in [-0.25, -0.2) is 4.98 Å². The van der Waals surface area contributed by atoms with Gasteiger partial charge in [-0.1, -0.05) is 24.3 Å². The van der Waals surface area contributed by atoms with Crippen LogP contribution in [0.1, 0.15) is 18.1 Å². The molecule has 1 aromatic heterocycles. The molecule has 0 spiro atoms. The Kier molecular flexibility index (Phi) is 5.63. The summed E-state index contributed by atoms with van der Waals surface area (Å²) >= 11 is 0.910. The molecular weight excluding hydrogens is 396 g/mol. The maximum Gasteiger partial charge on any atom is 0.290 e. The van der Waals surface area contributed by atoms with Gasteiger partial charge >= 0.3 is 0 Å². The van der Waals surface area contributed by atoms with Crippen molar-refractivity contribution in [3.63, 3.8) is 0 Å². The second-order valence-electron chi connectivity index (χ2n) is 6.83. The molecule has 2 amide bonds. The third-order valence-electron chi connectivity index (χ3n) is 4.62. The maximum atomic E-state index is 11.9. The van der Waals surface area contributed by atoms with E-state index >= 15 is 0 Å². The average Bonchev–Trinajstić information content (AvgIpc) is 3.06. The number of amides is 2. The molecule has 0 bridgehead atoms. The lowest BCUT2D eigenvalue weighted by Gasteiger charge is -2.22. The summed E-state index contributed by atoms with van der Waals surface area (Å²) < 4.78 is 0.